The van der Waals surface area contributed by atoms with Gasteiger partial charge in [-0.1, -0.05) is 24.6 Å². The molecule has 2 heteroatoms. The van der Waals surface area contributed by atoms with Gasteiger partial charge in [-0.25, -0.2) is 0 Å². The lowest BCUT2D eigenvalue weighted by Gasteiger charge is -2.31. The van der Waals surface area contributed by atoms with Crippen LogP contribution in [0.15, 0.2) is 18.2 Å². The number of halogens is 1. The van der Waals surface area contributed by atoms with E-state index in [2.05, 4.69) is 24.4 Å². The molecule has 2 unspecified atom stereocenters. The van der Waals surface area contributed by atoms with Crippen LogP contribution in [0, 0.1) is 5.92 Å². The van der Waals surface area contributed by atoms with E-state index >= 15 is 0 Å². The van der Waals surface area contributed by atoms with Crippen molar-refractivity contribution in [2.45, 2.75) is 32.1 Å². The van der Waals surface area contributed by atoms with Crippen LogP contribution in [0.2, 0.25) is 5.02 Å². The van der Waals surface area contributed by atoms with E-state index in [1.165, 1.54) is 30.4 Å². The average molecular weight is 238 g/mol. The first-order valence-electron chi connectivity index (χ1n) is 6.15. The second-order valence-corrected chi connectivity index (χ2v) is 5.29. The van der Waals surface area contributed by atoms with Crippen molar-refractivity contribution in [3.8, 4) is 0 Å². The Morgan fingerprint density at radius 2 is 2.25 bits per heavy atom. The van der Waals surface area contributed by atoms with E-state index in [0.717, 1.165) is 17.5 Å². The van der Waals surface area contributed by atoms with Crippen LogP contribution in [0.1, 0.15) is 36.8 Å². The molecule has 0 aliphatic heterocycles. The van der Waals surface area contributed by atoms with Gasteiger partial charge in [0.25, 0.3) is 0 Å². The lowest BCUT2D eigenvalue weighted by atomic mass is 9.74. The van der Waals surface area contributed by atoms with Gasteiger partial charge in [0.1, 0.15) is 0 Å². The molecule has 1 nitrogen and oxygen atoms in total. The van der Waals surface area contributed by atoms with Crippen LogP contribution in [0.5, 0.6) is 0 Å². The van der Waals surface area contributed by atoms with E-state index in [1.54, 1.807) is 0 Å². The maximum Gasteiger partial charge on any atom is 0.0408 e. The molecule has 1 aromatic rings. The highest BCUT2D eigenvalue weighted by atomic mass is 35.5. The summed E-state index contributed by atoms with van der Waals surface area (Å²) in [5.41, 5.74) is 2.99. The Morgan fingerprint density at radius 3 is 3.00 bits per heavy atom. The van der Waals surface area contributed by atoms with E-state index in [9.17, 15) is 0 Å². The molecule has 0 aromatic heterocycles. The summed E-state index contributed by atoms with van der Waals surface area (Å²) in [6.07, 6.45) is 3.71. The van der Waals surface area contributed by atoms with Crippen molar-refractivity contribution in [3.05, 3.63) is 34.3 Å². The van der Waals surface area contributed by atoms with Crippen LogP contribution in [0.4, 0.5) is 0 Å². The zero-order valence-corrected chi connectivity index (χ0v) is 10.8. The van der Waals surface area contributed by atoms with Crippen LogP contribution < -0.4 is 5.32 Å². The SMILES string of the molecule is CNCCC1c2ccc(Cl)cc2CCC1C. The summed E-state index contributed by atoms with van der Waals surface area (Å²) < 4.78 is 0. The van der Waals surface area contributed by atoms with Crippen molar-refractivity contribution >= 4 is 11.6 Å². The number of hydrogen-bond donors (Lipinski definition) is 1. The third-order valence-corrected chi connectivity index (χ3v) is 4.00. The molecule has 0 saturated heterocycles. The predicted octanol–water partition coefficient (Wildman–Crippen LogP) is 3.62. The lowest BCUT2D eigenvalue weighted by Crippen LogP contribution is -2.22. The maximum atomic E-state index is 6.05. The molecule has 0 radical (unpaired) electrons. The smallest absolute Gasteiger partial charge is 0.0408 e. The normalized spacial score (nSPS) is 24.2. The van der Waals surface area contributed by atoms with Crippen LogP contribution in [-0.2, 0) is 6.42 Å². The van der Waals surface area contributed by atoms with Gasteiger partial charge >= 0.3 is 0 Å². The second kappa shape index (κ2) is 5.20. The van der Waals surface area contributed by atoms with Crippen molar-refractivity contribution in [2.24, 2.45) is 5.92 Å². The minimum absolute atomic E-state index is 0.702. The van der Waals surface area contributed by atoms with Crippen molar-refractivity contribution in [2.75, 3.05) is 13.6 Å². The first kappa shape index (κ1) is 11.9. The summed E-state index contributed by atoms with van der Waals surface area (Å²) >= 11 is 6.05. The van der Waals surface area contributed by atoms with Gasteiger partial charge < -0.3 is 5.32 Å². The second-order valence-electron chi connectivity index (χ2n) is 4.86. The van der Waals surface area contributed by atoms with Crippen molar-refractivity contribution in [1.82, 2.24) is 5.32 Å². The first-order chi connectivity index (χ1) is 7.72. The van der Waals surface area contributed by atoms with Crippen molar-refractivity contribution in [1.29, 1.82) is 0 Å². The highest BCUT2D eigenvalue weighted by Gasteiger charge is 2.25. The Kier molecular flexibility index (Phi) is 3.88. The van der Waals surface area contributed by atoms with Crippen molar-refractivity contribution < 1.29 is 0 Å². The average Bonchev–Trinajstić information content (AvgIpc) is 2.28. The molecule has 1 aliphatic carbocycles. The quantitative estimate of drug-likeness (QED) is 0.847. The third kappa shape index (κ3) is 2.41. The minimum atomic E-state index is 0.702. The van der Waals surface area contributed by atoms with Crippen LogP contribution in [0.3, 0.4) is 0 Å². The summed E-state index contributed by atoms with van der Waals surface area (Å²) in [7, 11) is 2.02. The molecular weight excluding hydrogens is 218 g/mol. The molecular formula is C14H20ClN. The standard InChI is InChI=1S/C14H20ClN/c1-10-3-4-11-9-12(15)5-6-14(11)13(10)7-8-16-2/h5-6,9-10,13,16H,3-4,7-8H2,1-2H3. The molecule has 1 aromatic carbocycles. The Bertz CT molecular complexity index is 362. The number of fused-ring (bicyclic) bond motifs is 1. The van der Waals surface area contributed by atoms with E-state index in [1.807, 2.05) is 13.1 Å². The zero-order valence-electron chi connectivity index (χ0n) is 10.1. The Hall–Kier alpha value is -0.530. The lowest BCUT2D eigenvalue weighted by molar-refractivity contribution is 0.381. The van der Waals surface area contributed by atoms with Crippen LogP contribution in [0.25, 0.3) is 0 Å². The predicted molar refractivity (Wildman–Crippen MR) is 70.2 cm³/mol. The summed E-state index contributed by atoms with van der Waals surface area (Å²) in [6.45, 7) is 3.47. The van der Waals surface area contributed by atoms with Gasteiger partial charge in [0.05, 0.1) is 0 Å². The molecule has 2 rings (SSSR count). The monoisotopic (exact) mass is 237 g/mol. The summed E-state index contributed by atoms with van der Waals surface area (Å²) in [4.78, 5) is 0. The van der Waals surface area contributed by atoms with Gasteiger partial charge in [-0.2, -0.15) is 0 Å². The fraction of sp³-hybridized carbons (Fsp3) is 0.571. The molecule has 88 valence electrons. The molecule has 2 atom stereocenters. The number of aryl methyl sites for hydroxylation is 1. The molecule has 0 spiro atoms. The fourth-order valence-corrected chi connectivity index (χ4v) is 2.98. The molecule has 1 N–H and O–H groups in total. The van der Waals surface area contributed by atoms with E-state index in [-0.39, 0.29) is 0 Å². The maximum absolute atomic E-state index is 6.05. The number of nitrogens with one attached hydrogen (secondary N) is 1. The fourth-order valence-electron chi connectivity index (χ4n) is 2.78. The van der Waals surface area contributed by atoms with Gasteiger partial charge in [0.15, 0.2) is 0 Å². The van der Waals surface area contributed by atoms with Crippen molar-refractivity contribution in [3.63, 3.8) is 0 Å². The van der Waals surface area contributed by atoms with E-state index in [0.29, 0.717) is 5.92 Å². The molecule has 0 saturated carbocycles. The third-order valence-electron chi connectivity index (χ3n) is 3.77. The topological polar surface area (TPSA) is 12.0 Å². The zero-order chi connectivity index (χ0) is 11.5. The first-order valence-corrected chi connectivity index (χ1v) is 6.53. The number of rotatable bonds is 3. The number of benzene rings is 1. The van der Waals surface area contributed by atoms with Crippen LogP contribution in [-0.4, -0.2) is 13.6 Å². The Labute approximate surface area is 103 Å². The van der Waals surface area contributed by atoms with E-state index in [4.69, 9.17) is 11.6 Å². The number of hydrogen-bond acceptors (Lipinski definition) is 1. The molecule has 0 heterocycles. The molecule has 0 amide bonds. The molecule has 0 bridgehead atoms. The summed E-state index contributed by atoms with van der Waals surface area (Å²) in [5.74, 6) is 1.50. The highest BCUT2D eigenvalue weighted by molar-refractivity contribution is 6.30. The van der Waals surface area contributed by atoms with Gasteiger partial charge in [0, 0.05) is 5.02 Å². The summed E-state index contributed by atoms with van der Waals surface area (Å²) in [6, 6.07) is 6.41. The van der Waals surface area contributed by atoms with Gasteiger partial charge in [-0.3, -0.25) is 0 Å². The molecule has 0 fully saturated rings. The van der Waals surface area contributed by atoms with Gasteiger partial charge in [-0.05, 0) is 68.0 Å². The highest BCUT2D eigenvalue weighted by Crippen LogP contribution is 2.38. The van der Waals surface area contributed by atoms with Gasteiger partial charge in [0.2, 0.25) is 0 Å². The van der Waals surface area contributed by atoms with E-state index < -0.39 is 0 Å². The van der Waals surface area contributed by atoms with Crippen LogP contribution >= 0.6 is 11.6 Å². The van der Waals surface area contributed by atoms with Gasteiger partial charge in [-0.15, -0.1) is 0 Å². The minimum Gasteiger partial charge on any atom is -0.320 e. The summed E-state index contributed by atoms with van der Waals surface area (Å²) in [5, 5.41) is 4.13. The largest absolute Gasteiger partial charge is 0.320 e. The Balaban J connectivity index is 2.25. The molecule has 16 heavy (non-hydrogen) atoms. The molecule has 1 aliphatic rings. The Morgan fingerprint density at radius 1 is 1.44 bits per heavy atom.